The first-order valence-corrected chi connectivity index (χ1v) is 10.8. The molecule has 8 heteroatoms. The quantitative estimate of drug-likeness (QED) is 0.532. The summed E-state index contributed by atoms with van der Waals surface area (Å²) in [5, 5.41) is 14.9. The molecule has 0 spiro atoms. The van der Waals surface area contributed by atoms with Gasteiger partial charge in [-0.3, -0.25) is 14.9 Å². The number of rotatable bonds is 11. The second kappa shape index (κ2) is 11.5. The molecule has 0 saturated carbocycles. The van der Waals surface area contributed by atoms with Crippen molar-refractivity contribution in [1.29, 1.82) is 0 Å². The van der Waals surface area contributed by atoms with Crippen LogP contribution >= 0.6 is 11.3 Å². The minimum absolute atomic E-state index is 0.0384. The van der Waals surface area contributed by atoms with Crippen LogP contribution in [0.4, 0.5) is 5.13 Å². The van der Waals surface area contributed by atoms with Gasteiger partial charge in [0.15, 0.2) is 0 Å². The Labute approximate surface area is 176 Å². The van der Waals surface area contributed by atoms with Gasteiger partial charge in [0.1, 0.15) is 16.8 Å². The fourth-order valence-corrected chi connectivity index (χ4v) is 3.55. The van der Waals surface area contributed by atoms with Gasteiger partial charge in [-0.15, -0.1) is 10.2 Å². The van der Waals surface area contributed by atoms with Gasteiger partial charge in [-0.25, -0.2) is 0 Å². The number of nitrogens with one attached hydrogen (secondary N) is 2. The maximum absolute atomic E-state index is 12.7. The lowest BCUT2D eigenvalue weighted by molar-refractivity contribution is -0.127. The molecule has 1 atom stereocenters. The number of hydrogen-bond donors (Lipinski definition) is 2. The minimum Gasteiger partial charge on any atom is -0.497 e. The van der Waals surface area contributed by atoms with Crippen molar-refractivity contribution in [3.63, 3.8) is 0 Å². The Morgan fingerprint density at radius 3 is 2.45 bits per heavy atom. The lowest BCUT2D eigenvalue weighted by atomic mass is 10.0. The molecule has 0 aliphatic heterocycles. The molecule has 1 aromatic carbocycles. The monoisotopic (exact) mass is 418 g/mol. The first-order valence-electron chi connectivity index (χ1n) is 10.0. The maximum Gasteiger partial charge on any atom is 0.249 e. The van der Waals surface area contributed by atoms with Crippen molar-refractivity contribution in [2.24, 2.45) is 5.92 Å². The molecule has 1 heterocycles. The number of amides is 2. The van der Waals surface area contributed by atoms with E-state index in [1.165, 1.54) is 11.3 Å². The third-order valence-corrected chi connectivity index (χ3v) is 5.40. The lowest BCUT2D eigenvalue weighted by Gasteiger charge is -2.21. The Hall–Kier alpha value is -2.48. The summed E-state index contributed by atoms with van der Waals surface area (Å²) in [7, 11) is 1.61. The summed E-state index contributed by atoms with van der Waals surface area (Å²) in [6, 6.07) is 6.86. The van der Waals surface area contributed by atoms with Gasteiger partial charge < -0.3 is 10.1 Å². The highest BCUT2D eigenvalue weighted by Gasteiger charge is 2.25. The van der Waals surface area contributed by atoms with Crippen molar-refractivity contribution in [3.05, 3.63) is 24.3 Å². The molecule has 2 N–H and O–H groups in total. The Morgan fingerprint density at radius 2 is 1.83 bits per heavy atom. The van der Waals surface area contributed by atoms with Gasteiger partial charge in [0.25, 0.3) is 0 Å². The topological polar surface area (TPSA) is 93.2 Å². The van der Waals surface area contributed by atoms with Crippen LogP contribution < -0.4 is 15.4 Å². The Kier molecular flexibility index (Phi) is 9.05. The van der Waals surface area contributed by atoms with E-state index < -0.39 is 6.04 Å². The van der Waals surface area contributed by atoms with Crippen LogP contribution in [0.5, 0.6) is 5.75 Å². The molecule has 0 aliphatic carbocycles. The molecule has 2 amide bonds. The summed E-state index contributed by atoms with van der Waals surface area (Å²) in [5.74, 6) is 0.353. The number of carbonyl (C=O) groups is 2. The van der Waals surface area contributed by atoms with Gasteiger partial charge in [-0.05, 0) is 36.6 Å². The second-order valence-electron chi connectivity index (χ2n) is 7.23. The van der Waals surface area contributed by atoms with Crippen LogP contribution in [-0.2, 0) is 9.59 Å². The molecule has 0 aliphatic rings. The fourth-order valence-electron chi connectivity index (χ4n) is 2.80. The van der Waals surface area contributed by atoms with Gasteiger partial charge in [-0.2, -0.15) is 0 Å². The van der Waals surface area contributed by atoms with Crippen molar-refractivity contribution in [2.45, 2.75) is 58.9 Å². The molecule has 7 nitrogen and oxygen atoms in total. The highest BCUT2D eigenvalue weighted by Crippen LogP contribution is 2.28. The Balaban J connectivity index is 1.95. The van der Waals surface area contributed by atoms with E-state index in [1.807, 2.05) is 38.1 Å². The summed E-state index contributed by atoms with van der Waals surface area (Å²) in [6.07, 6.45) is 4.56. The Bertz CT molecular complexity index is 789. The van der Waals surface area contributed by atoms with Gasteiger partial charge in [0, 0.05) is 12.0 Å². The van der Waals surface area contributed by atoms with Crippen LogP contribution in [0.15, 0.2) is 24.3 Å². The van der Waals surface area contributed by atoms with E-state index >= 15 is 0 Å². The maximum atomic E-state index is 12.7. The van der Waals surface area contributed by atoms with Crippen molar-refractivity contribution in [2.75, 3.05) is 12.4 Å². The van der Waals surface area contributed by atoms with Crippen LogP contribution in [0.2, 0.25) is 0 Å². The van der Waals surface area contributed by atoms with E-state index in [0.29, 0.717) is 16.6 Å². The predicted octanol–water partition coefficient (Wildman–Crippen LogP) is 4.26. The largest absolute Gasteiger partial charge is 0.497 e. The predicted molar refractivity (Wildman–Crippen MR) is 116 cm³/mol. The summed E-state index contributed by atoms with van der Waals surface area (Å²) >= 11 is 1.29. The molecule has 0 radical (unpaired) electrons. The van der Waals surface area contributed by atoms with Crippen molar-refractivity contribution >= 4 is 28.3 Å². The fraction of sp³-hybridized carbons (Fsp3) is 0.524. The average molecular weight is 419 g/mol. The normalized spacial score (nSPS) is 11.9. The number of carbonyl (C=O) groups excluding carboxylic acids is 2. The van der Waals surface area contributed by atoms with Crippen LogP contribution in [0.25, 0.3) is 10.6 Å². The Morgan fingerprint density at radius 1 is 1.10 bits per heavy atom. The zero-order valence-corrected chi connectivity index (χ0v) is 18.3. The molecule has 0 unspecified atom stereocenters. The SMILES string of the molecule is CCCCCCC(=O)N[C@H](C(=O)Nc1nnc(-c2ccc(OC)cc2)s1)C(C)C. The summed E-state index contributed by atoms with van der Waals surface area (Å²) in [4.78, 5) is 24.9. The number of ether oxygens (including phenoxy) is 1. The zero-order chi connectivity index (χ0) is 21.2. The van der Waals surface area contributed by atoms with E-state index in [1.54, 1.807) is 7.11 Å². The smallest absolute Gasteiger partial charge is 0.249 e. The summed E-state index contributed by atoms with van der Waals surface area (Å²) in [5.41, 5.74) is 0.893. The molecule has 1 aromatic heterocycles. The standard InChI is InChI=1S/C21H30N4O3S/c1-5-6-7-8-9-17(26)22-18(14(2)3)19(27)23-21-25-24-20(29-21)15-10-12-16(28-4)13-11-15/h10-14,18H,5-9H2,1-4H3,(H,22,26)(H,23,25,27)/t18-/m0/s1. The highest BCUT2D eigenvalue weighted by molar-refractivity contribution is 7.18. The van der Waals surface area contributed by atoms with Crippen molar-refractivity contribution < 1.29 is 14.3 Å². The number of nitrogens with zero attached hydrogens (tertiary/aromatic N) is 2. The van der Waals surface area contributed by atoms with Gasteiger partial charge in [0.05, 0.1) is 7.11 Å². The van der Waals surface area contributed by atoms with Crippen molar-refractivity contribution in [3.8, 4) is 16.3 Å². The number of unbranched alkanes of at least 4 members (excludes halogenated alkanes) is 3. The molecule has 29 heavy (non-hydrogen) atoms. The number of methoxy groups -OCH3 is 1. The molecular formula is C21H30N4O3S. The van der Waals surface area contributed by atoms with Crippen LogP contribution in [0, 0.1) is 5.92 Å². The minimum atomic E-state index is -0.609. The third-order valence-electron chi connectivity index (χ3n) is 4.52. The molecular weight excluding hydrogens is 388 g/mol. The molecule has 2 aromatic rings. The van der Waals surface area contributed by atoms with Crippen molar-refractivity contribution in [1.82, 2.24) is 15.5 Å². The first-order chi connectivity index (χ1) is 13.9. The van der Waals surface area contributed by atoms with E-state index in [9.17, 15) is 9.59 Å². The molecule has 0 bridgehead atoms. The highest BCUT2D eigenvalue weighted by atomic mass is 32.1. The molecule has 0 fully saturated rings. The summed E-state index contributed by atoms with van der Waals surface area (Å²) < 4.78 is 5.16. The molecule has 158 valence electrons. The van der Waals surface area contributed by atoms with Crippen LogP contribution in [0.1, 0.15) is 52.9 Å². The third kappa shape index (κ3) is 7.12. The number of aromatic nitrogens is 2. The van der Waals surface area contributed by atoms with Gasteiger partial charge in [0.2, 0.25) is 16.9 Å². The number of benzene rings is 1. The van der Waals surface area contributed by atoms with E-state index in [4.69, 9.17) is 4.74 Å². The molecule has 0 saturated heterocycles. The number of anilines is 1. The van der Waals surface area contributed by atoms with Crippen LogP contribution in [0.3, 0.4) is 0 Å². The van der Waals surface area contributed by atoms with E-state index in [-0.39, 0.29) is 17.7 Å². The average Bonchev–Trinajstić information content (AvgIpc) is 3.17. The van der Waals surface area contributed by atoms with Gasteiger partial charge >= 0.3 is 0 Å². The van der Waals surface area contributed by atoms with Crippen LogP contribution in [-0.4, -0.2) is 35.2 Å². The first kappa shape index (κ1) is 22.8. The van der Waals surface area contributed by atoms with Gasteiger partial charge in [-0.1, -0.05) is 51.4 Å². The van der Waals surface area contributed by atoms with E-state index in [2.05, 4.69) is 27.8 Å². The lowest BCUT2D eigenvalue weighted by Crippen LogP contribution is -2.47. The molecule has 2 rings (SSSR count). The van der Waals surface area contributed by atoms with E-state index in [0.717, 1.165) is 37.0 Å². The summed E-state index contributed by atoms with van der Waals surface area (Å²) in [6.45, 7) is 5.95. The zero-order valence-electron chi connectivity index (χ0n) is 17.5. The number of hydrogen-bond acceptors (Lipinski definition) is 6. The second-order valence-corrected chi connectivity index (χ2v) is 8.21.